The first kappa shape index (κ1) is 20.6. The fourth-order valence-corrected chi connectivity index (χ4v) is 5.18. The summed E-state index contributed by atoms with van der Waals surface area (Å²) in [5, 5.41) is 0. The number of hydrogen-bond acceptors (Lipinski definition) is 2. The van der Waals surface area contributed by atoms with E-state index in [1.165, 1.54) is 50.5 Å². The highest BCUT2D eigenvalue weighted by atomic mass is 15.3. The second-order valence-electron chi connectivity index (χ2n) is 9.20. The van der Waals surface area contributed by atoms with Crippen LogP contribution in [0, 0.1) is 0 Å². The molecule has 3 aliphatic rings. The molecule has 0 saturated carbocycles. The Bertz CT molecular complexity index is 1390. The molecule has 166 valence electrons. The van der Waals surface area contributed by atoms with Crippen LogP contribution in [0.1, 0.15) is 42.1 Å². The van der Waals surface area contributed by atoms with Crippen LogP contribution in [-0.4, -0.2) is 16.3 Å². The van der Waals surface area contributed by atoms with E-state index in [1.807, 2.05) is 0 Å². The first-order valence-electron chi connectivity index (χ1n) is 12.0. The van der Waals surface area contributed by atoms with Crippen molar-refractivity contribution >= 4 is 17.3 Å². The van der Waals surface area contributed by atoms with E-state index in [9.17, 15) is 0 Å². The summed E-state index contributed by atoms with van der Waals surface area (Å²) in [6, 6.07) is 30.4. The van der Waals surface area contributed by atoms with Gasteiger partial charge in [0.1, 0.15) is 5.82 Å². The van der Waals surface area contributed by atoms with Gasteiger partial charge in [-0.05, 0) is 48.3 Å². The molecule has 1 unspecified atom stereocenters. The normalized spacial score (nSPS) is 19.2. The van der Waals surface area contributed by atoms with Crippen molar-refractivity contribution in [1.29, 1.82) is 0 Å². The molecule has 0 amide bonds. The summed E-state index contributed by atoms with van der Waals surface area (Å²) in [6.45, 7) is 5.29. The fourth-order valence-electron chi connectivity index (χ4n) is 5.18. The minimum atomic E-state index is 0.124. The molecule has 0 radical (unpaired) electrons. The Labute approximate surface area is 202 Å². The predicted octanol–water partition coefficient (Wildman–Crippen LogP) is 7.65. The summed E-state index contributed by atoms with van der Waals surface area (Å²) >= 11 is 0. The first-order chi connectivity index (χ1) is 16.7. The molecule has 0 aromatic heterocycles. The molecule has 2 nitrogen and oxygen atoms in total. The molecule has 3 aliphatic heterocycles. The van der Waals surface area contributed by atoms with Crippen LogP contribution in [0.2, 0.25) is 0 Å². The standard InChI is InChI=1S/C32H28N2/c1-23-17-18-33-31(19-23)28-16-10-9-15-27(28)21-32(33)34-22-29(25-11-5-3-6-12-25)24(2)20-30(34)26-13-7-4-8-14-26/h3-17,19-22,30H,18H2,1-2H3. The molecule has 6 rings (SSSR count). The maximum atomic E-state index is 2.46. The molecule has 2 heteroatoms. The highest BCUT2D eigenvalue weighted by Crippen LogP contribution is 2.43. The fraction of sp³-hybridized carbons (Fsp3) is 0.125. The van der Waals surface area contributed by atoms with Crippen LogP contribution < -0.4 is 0 Å². The molecule has 34 heavy (non-hydrogen) atoms. The average Bonchev–Trinajstić information content (AvgIpc) is 2.89. The van der Waals surface area contributed by atoms with E-state index in [0.717, 1.165) is 6.54 Å². The van der Waals surface area contributed by atoms with E-state index in [-0.39, 0.29) is 6.04 Å². The lowest BCUT2D eigenvalue weighted by Gasteiger charge is -2.44. The number of allylic oxidation sites excluding steroid dienone is 4. The maximum Gasteiger partial charge on any atom is 0.114 e. The highest BCUT2D eigenvalue weighted by Gasteiger charge is 2.32. The van der Waals surface area contributed by atoms with Crippen LogP contribution in [0.5, 0.6) is 0 Å². The van der Waals surface area contributed by atoms with E-state index >= 15 is 0 Å². The zero-order valence-corrected chi connectivity index (χ0v) is 19.6. The second kappa shape index (κ2) is 8.39. The van der Waals surface area contributed by atoms with Gasteiger partial charge < -0.3 is 9.80 Å². The van der Waals surface area contributed by atoms with Crippen molar-refractivity contribution in [2.75, 3.05) is 6.54 Å². The molecule has 3 heterocycles. The highest BCUT2D eigenvalue weighted by molar-refractivity contribution is 5.83. The molecule has 0 aliphatic carbocycles. The van der Waals surface area contributed by atoms with Crippen molar-refractivity contribution in [3.05, 3.63) is 149 Å². The van der Waals surface area contributed by atoms with Crippen LogP contribution >= 0.6 is 0 Å². The predicted molar refractivity (Wildman–Crippen MR) is 142 cm³/mol. The molecule has 0 bridgehead atoms. The Morgan fingerprint density at radius 1 is 0.765 bits per heavy atom. The van der Waals surface area contributed by atoms with Gasteiger partial charge in [0.2, 0.25) is 0 Å². The van der Waals surface area contributed by atoms with E-state index in [4.69, 9.17) is 0 Å². The van der Waals surface area contributed by atoms with Gasteiger partial charge in [0, 0.05) is 23.9 Å². The van der Waals surface area contributed by atoms with E-state index < -0.39 is 0 Å². The van der Waals surface area contributed by atoms with E-state index in [0.29, 0.717) is 0 Å². The molecule has 1 atom stereocenters. The van der Waals surface area contributed by atoms with Crippen molar-refractivity contribution in [2.45, 2.75) is 19.9 Å². The van der Waals surface area contributed by atoms with Gasteiger partial charge in [-0.3, -0.25) is 0 Å². The Morgan fingerprint density at radius 3 is 2.26 bits per heavy atom. The smallest absolute Gasteiger partial charge is 0.114 e. The van der Waals surface area contributed by atoms with E-state index in [2.05, 4.69) is 139 Å². The lowest BCUT2D eigenvalue weighted by Crippen LogP contribution is -2.37. The molecule has 0 saturated heterocycles. The van der Waals surface area contributed by atoms with Crippen LogP contribution in [0.15, 0.2) is 126 Å². The number of fused-ring (bicyclic) bond motifs is 3. The minimum absolute atomic E-state index is 0.124. The maximum absolute atomic E-state index is 2.46. The Morgan fingerprint density at radius 2 is 1.47 bits per heavy atom. The van der Waals surface area contributed by atoms with Gasteiger partial charge in [0.25, 0.3) is 0 Å². The monoisotopic (exact) mass is 440 g/mol. The molecule has 3 aromatic carbocycles. The third-order valence-electron chi connectivity index (χ3n) is 6.94. The zero-order chi connectivity index (χ0) is 23.1. The molecular formula is C32H28N2. The number of benzene rings is 3. The summed E-state index contributed by atoms with van der Waals surface area (Å²) in [5.74, 6) is 1.21. The number of rotatable bonds is 3. The Kier molecular flexibility index (Phi) is 5.07. The lowest BCUT2D eigenvalue weighted by molar-refractivity contribution is 0.304. The van der Waals surface area contributed by atoms with Gasteiger partial charge >= 0.3 is 0 Å². The minimum Gasteiger partial charge on any atom is -0.323 e. The van der Waals surface area contributed by atoms with Crippen LogP contribution in [0.25, 0.3) is 17.3 Å². The van der Waals surface area contributed by atoms with E-state index in [1.54, 1.807) is 0 Å². The summed E-state index contributed by atoms with van der Waals surface area (Å²) in [4.78, 5) is 4.92. The SMILES string of the molecule is CC1=CCN2C(=C1)c1ccccc1C=C2N1C=C(c2ccccc2)C(C)=CC1c1ccccc1. The van der Waals surface area contributed by atoms with Gasteiger partial charge in [-0.25, -0.2) is 0 Å². The zero-order valence-electron chi connectivity index (χ0n) is 19.6. The molecule has 3 aromatic rings. The van der Waals surface area contributed by atoms with Crippen molar-refractivity contribution in [3.8, 4) is 0 Å². The topological polar surface area (TPSA) is 6.48 Å². The number of nitrogens with zero attached hydrogens (tertiary/aromatic N) is 2. The van der Waals surface area contributed by atoms with Crippen LogP contribution in [-0.2, 0) is 0 Å². The van der Waals surface area contributed by atoms with Crippen LogP contribution in [0.4, 0.5) is 0 Å². The van der Waals surface area contributed by atoms with Crippen molar-refractivity contribution in [3.63, 3.8) is 0 Å². The Hall–Kier alpha value is -4.04. The summed E-state index contributed by atoms with van der Waals surface area (Å²) in [6.07, 6.45) is 11.7. The third-order valence-corrected chi connectivity index (χ3v) is 6.94. The Balaban J connectivity index is 1.54. The first-order valence-corrected chi connectivity index (χ1v) is 12.0. The molecule has 0 N–H and O–H groups in total. The van der Waals surface area contributed by atoms with Crippen LogP contribution in [0.3, 0.4) is 0 Å². The van der Waals surface area contributed by atoms with Gasteiger partial charge in [0.15, 0.2) is 0 Å². The molecule has 0 fully saturated rings. The van der Waals surface area contributed by atoms with Gasteiger partial charge in [0.05, 0.1) is 11.7 Å². The molecule has 0 spiro atoms. The van der Waals surface area contributed by atoms with Gasteiger partial charge in [-0.15, -0.1) is 0 Å². The second-order valence-corrected chi connectivity index (χ2v) is 9.20. The summed E-state index contributed by atoms with van der Waals surface area (Å²) in [7, 11) is 0. The van der Waals surface area contributed by atoms with Crippen molar-refractivity contribution < 1.29 is 0 Å². The van der Waals surface area contributed by atoms with Gasteiger partial charge in [-0.2, -0.15) is 0 Å². The third kappa shape index (κ3) is 3.52. The number of hydrogen-bond donors (Lipinski definition) is 0. The largest absolute Gasteiger partial charge is 0.323 e. The average molecular weight is 441 g/mol. The summed E-state index contributed by atoms with van der Waals surface area (Å²) in [5.41, 5.74) is 10.3. The lowest BCUT2D eigenvalue weighted by atomic mass is 9.90. The summed E-state index contributed by atoms with van der Waals surface area (Å²) < 4.78 is 0. The van der Waals surface area contributed by atoms with Crippen molar-refractivity contribution in [1.82, 2.24) is 9.80 Å². The van der Waals surface area contributed by atoms with Gasteiger partial charge in [-0.1, -0.05) is 103 Å². The van der Waals surface area contributed by atoms with Crippen molar-refractivity contribution in [2.24, 2.45) is 0 Å². The molecular weight excluding hydrogens is 412 g/mol. The quantitative estimate of drug-likeness (QED) is 0.413.